The summed E-state index contributed by atoms with van der Waals surface area (Å²) in [4.78, 5) is 13.9. The number of carbonyl (C=O) groups is 1. The van der Waals surface area contributed by atoms with Crippen LogP contribution in [-0.2, 0) is 4.79 Å². The Labute approximate surface area is 142 Å². The van der Waals surface area contributed by atoms with E-state index in [1.807, 2.05) is 6.92 Å². The summed E-state index contributed by atoms with van der Waals surface area (Å²) in [5, 5.41) is 0.466. The van der Waals surface area contributed by atoms with Crippen LogP contribution in [0.2, 0.25) is 5.02 Å². The average molecular weight is 339 g/mol. The molecule has 1 amide bonds. The highest BCUT2D eigenvalue weighted by Gasteiger charge is 2.21. The molecule has 0 radical (unpaired) electrons. The largest absolute Gasteiger partial charge is 0.493 e. The summed E-state index contributed by atoms with van der Waals surface area (Å²) in [7, 11) is 1.56. The Morgan fingerprint density at radius 1 is 1.52 bits per heavy atom. The number of halogens is 1. The lowest BCUT2D eigenvalue weighted by molar-refractivity contribution is -0.124. The van der Waals surface area contributed by atoms with E-state index in [1.54, 1.807) is 30.2 Å². The van der Waals surface area contributed by atoms with Gasteiger partial charge in [0.2, 0.25) is 5.91 Å². The summed E-state index contributed by atoms with van der Waals surface area (Å²) >= 11 is 6.26. The zero-order chi connectivity index (χ0) is 16.8. The minimum Gasteiger partial charge on any atom is -0.493 e. The number of hydrogen-bond acceptors (Lipinski definition) is 4. The number of ether oxygens (including phenoxy) is 2. The SMILES string of the molecule is CCCOc1c(Cl)cc(C=CC(=O)N2CC[C@H](N)C2)cc1OC. The highest BCUT2D eigenvalue weighted by molar-refractivity contribution is 6.32. The second-order valence-corrected chi connectivity index (χ2v) is 5.96. The topological polar surface area (TPSA) is 64.8 Å². The quantitative estimate of drug-likeness (QED) is 0.810. The second kappa shape index (κ2) is 8.22. The number of hydrogen-bond donors (Lipinski definition) is 1. The van der Waals surface area contributed by atoms with Crippen LogP contribution in [0.5, 0.6) is 11.5 Å². The molecule has 1 aliphatic rings. The summed E-state index contributed by atoms with van der Waals surface area (Å²) in [6.45, 7) is 3.90. The molecule has 1 aliphatic heterocycles. The van der Waals surface area contributed by atoms with Gasteiger partial charge < -0.3 is 20.1 Å². The van der Waals surface area contributed by atoms with Crippen molar-refractivity contribution >= 4 is 23.6 Å². The van der Waals surface area contributed by atoms with Gasteiger partial charge in [0, 0.05) is 25.2 Å². The predicted molar refractivity (Wildman–Crippen MR) is 92.0 cm³/mol. The van der Waals surface area contributed by atoms with E-state index >= 15 is 0 Å². The van der Waals surface area contributed by atoms with E-state index in [9.17, 15) is 4.79 Å². The molecule has 0 spiro atoms. The van der Waals surface area contributed by atoms with E-state index in [2.05, 4.69) is 0 Å². The van der Waals surface area contributed by atoms with Crippen LogP contribution in [0.3, 0.4) is 0 Å². The molecule has 0 bridgehead atoms. The smallest absolute Gasteiger partial charge is 0.246 e. The van der Waals surface area contributed by atoms with Gasteiger partial charge in [0.25, 0.3) is 0 Å². The van der Waals surface area contributed by atoms with Gasteiger partial charge in [-0.25, -0.2) is 0 Å². The van der Waals surface area contributed by atoms with Gasteiger partial charge in [-0.3, -0.25) is 4.79 Å². The van der Waals surface area contributed by atoms with E-state index in [0.29, 0.717) is 36.2 Å². The van der Waals surface area contributed by atoms with Gasteiger partial charge in [-0.15, -0.1) is 0 Å². The maximum absolute atomic E-state index is 12.1. The molecule has 0 aliphatic carbocycles. The summed E-state index contributed by atoms with van der Waals surface area (Å²) in [6.07, 6.45) is 5.00. The molecule has 23 heavy (non-hydrogen) atoms. The van der Waals surface area contributed by atoms with Crippen molar-refractivity contribution in [2.75, 3.05) is 26.8 Å². The van der Waals surface area contributed by atoms with Crippen molar-refractivity contribution in [1.82, 2.24) is 4.90 Å². The van der Waals surface area contributed by atoms with Crippen molar-refractivity contribution in [3.63, 3.8) is 0 Å². The highest BCUT2D eigenvalue weighted by atomic mass is 35.5. The number of carbonyl (C=O) groups excluding carboxylic acids is 1. The first-order chi connectivity index (χ1) is 11.0. The van der Waals surface area contributed by atoms with Crippen LogP contribution in [0, 0.1) is 0 Å². The van der Waals surface area contributed by atoms with Gasteiger partial charge >= 0.3 is 0 Å². The van der Waals surface area contributed by atoms with Crippen LogP contribution < -0.4 is 15.2 Å². The van der Waals surface area contributed by atoms with Crippen LogP contribution in [0.25, 0.3) is 6.08 Å². The Morgan fingerprint density at radius 3 is 2.91 bits per heavy atom. The molecule has 2 rings (SSSR count). The van der Waals surface area contributed by atoms with Crippen LogP contribution in [0.1, 0.15) is 25.3 Å². The number of methoxy groups -OCH3 is 1. The van der Waals surface area contributed by atoms with Crippen molar-refractivity contribution in [1.29, 1.82) is 0 Å². The fourth-order valence-corrected chi connectivity index (χ4v) is 2.71. The Kier molecular flexibility index (Phi) is 6.30. The molecule has 0 aromatic heterocycles. The Hall–Kier alpha value is -1.72. The van der Waals surface area contributed by atoms with E-state index in [-0.39, 0.29) is 11.9 Å². The molecule has 1 heterocycles. The lowest BCUT2D eigenvalue weighted by Gasteiger charge is -2.14. The van der Waals surface area contributed by atoms with E-state index in [1.165, 1.54) is 6.08 Å². The number of benzene rings is 1. The number of nitrogens with zero attached hydrogens (tertiary/aromatic N) is 1. The summed E-state index contributed by atoms with van der Waals surface area (Å²) < 4.78 is 10.9. The first-order valence-electron chi connectivity index (χ1n) is 7.78. The van der Waals surface area contributed by atoms with Gasteiger partial charge in [-0.1, -0.05) is 18.5 Å². The molecule has 1 aromatic carbocycles. The Balaban J connectivity index is 2.12. The van der Waals surface area contributed by atoms with E-state index in [0.717, 1.165) is 18.4 Å². The van der Waals surface area contributed by atoms with Gasteiger partial charge in [-0.05, 0) is 36.6 Å². The Bertz CT molecular complexity index is 589. The third-order valence-electron chi connectivity index (χ3n) is 3.66. The highest BCUT2D eigenvalue weighted by Crippen LogP contribution is 2.36. The molecule has 1 atom stereocenters. The van der Waals surface area contributed by atoms with E-state index < -0.39 is 0 Å². The van der Waals surface area contributed by atoms with Crippen molar-refractivity contribution < 1.29 is 14.3 Å². The number of likely N-dealkylation sites (tertiary alicyclic amines) is 1. The van der Waals surface area contributed by atoms with Gasteiger partial charge in [0.1, 0.15) is 0 Å². The van der Waals surface area contributed by atoms with Crippen molar-refractivity contribution in [3.8, 4) is 11.5 Å². The van der Waals surface area contributed by atoms with Gasteiger partial charge in [-0.2, -0.15) is 0 Å². The summed E-state index contributed by atoms with van der Waals surface area (Å²) in [6, 6.07) is 3.64. The normalized spacial score (nSPS) is 17.7. The molecule has 126 valence electrons. The monoisotopic (exact) mass is 338 g/mol. The number of amides is 1. The summed E-state index contributed by atoms with van der Waals surface area (Å²) in [5.74, 6) is 1.05. The van der Waals surface area contributed by atoms with Gasteiger partial charge in [0.05, 0.1) is 18.7 Å². The number of rotatable bonds is 6. The van der Waals surface area contributed by atoms with Crippen molar-refractivity contribution in [3.05, 3.63) is 28.8 Å². The first-order valence-corrected chi connectivity index (χ1v) is 8.15. The first kappa shape index (κ1) is 17.6. The molecule has 5 nitrogen and oxygen atoms in total. The Morgan fingerprint density at radius 2 is 2.30 bits per heavy atom. The minimum atomic E-state index is -0.0423. The maximum Gasteiger partial charge on any atom is 0.246 e. The van der Waals surface area contributed by atoms with Crippen LogP contribution >= 0.6 is 11.6 Å². The fourth-order valence-electron chi connectivity index (χ4n) is 2.44. The van der Waals surface area contributed by atoms with Crippen molar-refractivity contribution in [2.45, 2.75) is 25.8 Å². The minimum absolute atomic E-state index is 0.0423. The molecule has 1 saturated heterocycles. The van der Waals surface area contributed by atoms with Crippen molar-refractivity contribution in [2.24, 2.45) is 5.73 Å². The third kappa shape index (κ3) is 4.62. The average Bonchev–Trinajstić information content (AvgIpc) is 2.97. The zero-order valence-electron chi connectivity index (χ0n) is 13.5. The molecule has 6 heteroatoms. The molecule has 1 fully saturated rings. The predicted octanol–water partition coefficient (Wildman–Crippen LogP) is 2.71. The number of nitrogens with two attached hydrogens (primary N) is 1. The lowest BCUT2D eigenvalue weighted by Crippen LogP contribution is -2.30. The maximum atomic E-state index is 12.1. The fraction of sp³-hybridized carbons (Fsp3) is 0.471. The van der Waals surface area contributed by atoms with E-state index in [4.69, 9.17) is 26.8 Å². The zero-order valence-corrected chi connectivity index (χ0v) is 14.3. The molecular formula is C17H23ClN2O3. The second-order valence-electron chi connectivity index (χ2n) is 5.55. The molecule has 1 aromatic rings. The molecule has 0 saturated carbocycles. The molecular weight excluding hydrogens is 316 g/mol. The van der Waals surface area contributed by atoms with Crippen LogP contribution in [-0.4, -0.2) is 43.7 Å². The lowest BCUT2D eigenvalue weighted by atomic mass is 10.2. The molecule has 0 unspecified atom stereocenters. The van der Waals surface area contributed by atoms with Crippen LogP contribution in [0.4, 0.5) is 0 Å². The van der Waals surface area contributed by atoms with Crippen LogP contribution in [0.15, 0.2) is 18.2 Å². The third-order valence-corrected chi connectivity index (χ3v) is 3.94. The van der Waals surface area contributed by atoms with Gasteiger partial charge in [0.15, 0.2) is 11.5 Å². The molecule has 2 N–H and O–H groups in total. The summed E-state index contributed by atoms with van der Waals surface area (Å²) in [5.41, 5.74) is 6.60. The standard InChI is InChI=1S/C17H23ClN2O3/c1-3-8-23-17-14(18)9-12(10-15(17)22-2)4-5-16(21)20-7-6-13(19)11-20/h4-5,9-10,13H,3,6-8,11,19H2,1-2H3/t13-/m0/s1.